The SMILES string of the molecule is Nc1ncc2c(Cl)nc(CC3CCCC3)n2n1.OC1CCCOC1. The van der Waals surface area contributed by atoms with E-state index in [0.29, 0.717) is 17.7 Å². The van der Waals surface area contributed by atoms with Crippen LogP contribution in [0.5, 0.6) is 0 Å². The third-order valence-electron chi connectivity index (χ3n) is 4.52. The molecule has 0 spiro atoms. The van der Waals surface area contributed by atoms with E-state index in [1.807, 2.05) is 0 Å². The summed E-state index contributed by atoms with van der Waals surface area (Å²) in [5.74, 6) is 1.85. The number of nitrogens with zero attached hydrogens (tertiary/aromatic N) is 4. The largest absolute Gasteiger partial charge is 0.391 e. The molecule has 1 aliphatic carbocycles. The van der Waals surface area contributed by atoms with Gasteiger partial charge in [0.1, 0.15) is 11.3 Å². The molecule has 7 nitrogen and oxygen atoms in total. The summed E-state index contributed by atoms with van der Waals surface area (Å²) in [6.45, 7) is 1.37. The molecule has 0 bridgehead atoms. The summed E-state index contributed by atoms with van der Waals surface area (Å²) in [6, 6.07) is 0. The van der Waals surface area contributed by atoms with Crippen LogP contribution < -0.4 is 5.73 Å². The van der Waals surface area contributed by atoms with Gasteiger partial charge in [-0.15, -0.1) is 5.10 Å². The van der Waals surface area contributed by atoms with Gasteiger partial charge >= 0.3 is 0 Å². The third kappa shape index (κ3) is 4.34. The van der Waals surface area contributed by atoms with Crippen molar-refractivity contribution in [3.63, 3.8) is 0 Å². The number of nitrogen functional groups attached to an aromatic ring is 1. The Hall–Kier alpha value is -1.44. The zero-order valence-electron chi connectivity index (χ0n) is 13.7. The Morgan fingerprint density at radius 3 is 2.71 bits per heavy atom. The Balaban J connectivity index is 0.000000203. The summed E-state index contributed by atoms with van der Waals surface area (Å²) in [6.07, 6.45) is 9.47. The predicted molar refractivity (Wildman–Crippen MR) is 91.9 cm³/mol. The van der Waals surface area contributed by atoms with E-state index >= 15 is 0 Å². The minimum Gasteiger partial charge on any atom is -0.391 e. The normalized spacial score (nSPS) is 21.7. The van der Waals surface area contributed by atoms with E-state index in [0.717, 1.165) is 37.2 Å². The number of anilines is 1. The number of aliphatic hydroxyl groups is 1. The van der Waals surface area contributed by atoms with Gasteiger partial charge in [-0.05, 0) is 18.8 Å². The lowest BCUT2D eigenvalue weighted by Gasteiger charge is -2.15. The topological polar surface area (TPSA) is 98.6 Å². The molecule has 132 valence electrons. The lowest BCUT2D eigenvalue weighted by atomic mass is 10.0. The number of imidazole rings is 1. The fourth-order valence-corrected chi connectivity index (χ4v) is 3.47. The summed E-state index contributed by atoms with van der Waals surface area (Å²) in [5, 5.41) is 13.4. The van der Waals surface area contributed by atoms with Gasteiger partial charge in [0, 0.05) is 13.0 Å². The number of halogens is 1. The molecule has 3 N–H and O–H groups in total. The summed E-state index contributed by atoms with van der Waals surface area (Å²) in [7, 11) is 0. The molecule has 0 aromatic carbocycles. The van der Waals surface area contributed by atoms with Crippen molar-refractivity contribution in [3.8, 4) is 0 Å². The summed E-state index contributed by atoms with van der Waals surface area (Å²) in [5.41, 5.74) is 6.33. The maximum Gasteiger partial charge on any atom is 0.238 e. The van der Waals surface area contributed by atoms with Crippen molar-refractivity contribution in [1.82, 2.24) is 19.6 Å². The molecule has 0 radical (unpaired) electrons. The highest BCUT2D eigenvalue weighted by molar-refractivity contribution is 6.32. The van der Waals surface area contributed by atoms with E-state index in [-0.39, 0.29) is 12.1 Å². The molecule has 0 amide bonds. The molecule has 1 saturated carbocycles. The number of aromatic nitrogens is 4. The van der Waals surface area contributed by atoms with Crippen LogP contribution in [0.1, 0.15) is 44.3 Å². The average Bonchev–Trinajstić information content (AvgIpc) is 3.18. The molecular weight excluding hydrogens is 330 g/mol. The molecule has 4 rings (SSSR count). The van der Waals surface area contributed by atoms with Crippen LogP contribution in [-0.4, -0.2) is 44.0 Å². The van der Waals surface area contributed by atoms with E-state index in [1.54, 1.807) is 10.7 Å². The fraction of sp³-hybridized carbons (Fsp3) is 0.688. The quantitative estimate of drug-likeness (QED) is 0.859. The Morgan fingerprint density at radius 2 is 2.08 bits per heavy atom. The van der Waals surface area contributed by atoms with Crippen molar-refractivity contribution in [2.45, 2.75) is 51.0 Å². The first-order valence-corrected chi connectivity index (χ1v) is 8.92. The lowest BCUT2D eigenvalue weighted by molar-refractivity contribution is -0.00535. The Bertz CT molecular complexity index is 666. The molecule has 2 aliphatic rings. The first-order chi connectivity index (χ1) is 11.6. The molecule has 1 aliphatic heterocycles. The van der Waals surface area contributed by atoms with Crippen LogP contribution in [0.25, 0.3) is 5.52 Å². The molecule has 2 fully saturated rings. The maximum absolute atomic E-state index is 8.78. The van der Waals surface area contributed by atoms with Gasteiger partial charge in [-0.2, -0.15) is 0 Å². The highest BCUT2D eigenvalue weighted by Gasteiger charge is 2.20. The number of aliphatic hydroxyl groups excluding tert-OH is 1. The Morgan fingerprint density at radius 1 is 1.29 bits per heavy atom. The molecule has 24 heavy (non-hydrogen) atoms. The van der Waals surface area contributed by atoms with Gasteiger partial charge in [0.05, 0.1) is 18.9 Å². The van der Waals surface area contributed by atoms with Crippen molar-refractivity contribution in [2.24, 2.45) is 5.92 Å². The second-order valence-corrected chi connectivity index (χ2v) is 6.82. The first kappa shape index (κ1) is 17.4. The van der Waals surface area contributed by atoms with Gasteiger partial charge < -0.3 is 15.6 Å². The van der Waals surface area contributed by atoms with Gasteiger partial charge in [-0.25, -0.2) is 14.5 Å². The highest BCUT2D eigenvalue weighted by atomic mass is 35.5. The average molecular weight is 354 g/mol. The van der Waals surface area contributed by atoms with Crippen molar-refractivity contribution in [1.29, 1.82) is 0 Å². The number of nitrogens with two attached hydrogens (primary N) is 1. The number of rotatable bonds is 2. The molecule has 8 heteroatoms. The van der Waals surface area contributed by atoms with Crippen molar-refractivity contribution < 1.29 is 9.84 Å². The molecule has 1 atom stereocenters. The van der Waals surface area contributed by atoms with Crippen LogP contribution in [0, 0.1) is 5.92 Å². The summed E-state index contributed by atoms with van der Waals surface area (Å²) < 4.78 is 6.66. The van der Waals surface area contributed by atoms with Gasteiger partial charge in [-0.1, -0.05) is 37.3 Å². The highest BCUT2D eigenvalue weighted by Crippen LogP contribution is 2.28. The Labute approximate surface area is 146 Å². The van der Waals surface area contributed by atoms with E-state index in [4.69, 9.17) is 27.2 Å². The minimum atomic E-state index is -0.186. The minimum absolute atomic E-state index is 0.186. The molecular formula is C16H24ClN5O2. The Kier molecular flexibility index (Phi) is 5.86. The molecule has 3 heterocycles. The molecule has 2 aromatic rings. The van der Waals surface area contributed by atoms with Gasteiger partial charge in [0.25, 0.3) is 0 Å². The molecule has 1 unspecified atom stereocenters. The number of hydrogen-bond acceptors (Lipinski definition) is 6. The second-order valence-electron chi connectivity index (χ2n) is 6.46. The fourth-order valence-electron chi connectivity index (χ4n) is 3.25. The van der Waals surface area contributed by atoms with E-state index < -0.39 is 0 Å². The zero-order chi connectivity index (χ0) is 16.9. The van der Waals surface area contributed by atoms with Crippen LogP contribution in [0.3, 0.4) is 0 Å². The van der Waals surface area contributed by atoms with Crippen LogP contribution in [0.4, 0.5) is 5.95 Å². The van der Waals surface area contributed by atoms with Gasteiger partial charge in [-0.3, -0.25) is 0 Å². The van der Waals surface area contributed by atoms with E-state index in [2.05, 4.69) is 15.1 Å². The van der Waals surface area contributed by atoms with E-state index in [9.17, 15) is 0 Å². The maximum atomic E-state index is 8.78. The molecule has 1 saturated heterocycles. The zero-order valence-corrected chi connectivity index (χ0v) is 14.5. The van der Waals surface area contributed by atoms with Gasteiger partial charge in [0.15, 0.2) is 5.15 Å². The van der Waals surface area contributed by atoms with Crippen molar-refractivity contribution >= 4 is 23.1 Å². The van der Waals surface area contributed by atoms with Gasteiger partial charge in [0.2, 0.25) is 5.95 Å². The van der Waals surface area contributed by atoms with E-state index in [1.165, 1.54) is 25.7 Å². The number of fused-ring (bicyclic) bond motifs is 1. The third-order valence-corrected chi connectivity index (χ3v) is 4.79. The first-order valence-electron chi connectivity index (χ1n) is 8.55. The number of hydrogen-bond donors (Lipinski definition) is 2. The van der Waals surface area contributed by atoms with Crippen LogP contribution in [0.15, 0.2) is 6.20 Å². The van der Waals surface area contributed by atoms with Crippen molar-refractivity contribution in [3.05, 3.63) is 17.2 Å². The lowest BCUT2D eigenvalue weighted by Crippen LogP contribution is -2.21. The van der Waals surface area contributed by atoms with Crippen LogP contribution in [0.2, 0.25) is 5.15 Å². The second kappa shape index (κ2) is 8.09. The van der Waals surface area contributed by atoms with Crippen LogP contribution in [-0.2, 0) is 11.2 Å². The predicted octanol–water partition coefficient (Wildman–Crippen LogP) is 2.25. The molecule has 2 aromatic heterocycles. The summed E-state index contributed by atoms with van der Waals surface area (Å²) in [4.78, 5) is 8.30. The summed E-state index contributed by atoms with van der Waals surface area (Å²) >= 11 is 6.06. The smallest absolute Gasteiger partial charge is 0.238 e. The van der Waals surface area contributed by atoms with Crippen molar-refractivity contribution in [2.75, 3.05) is 18.9 Å². The van der Waals surface area contributed by atoms with Crippen LogP contribution >= 0.6 is 11.6 Å². The standard InChI is InChI=1S/C11H14ClN5.C5H10O2/c12-10-8-6-14-11(13)16-17(8)9(15-10)5-7-3-1-2-4-7;6-5-2-1-3-7-4-5/h6-7H,1-5H2,(H2,13,16);5-6H,1-4H2. The monoisotopic (exact) mass is 353 g/mol. The number of ether oxygens (including phenoxy) is 1.